The van der Waals surface area contributed by atoms with E-state index in [1.54, 1.807) is 50.2 Å². The van der Waals surface area contributed by atoms with E-state index in [0.29, 0.717) is 156 Å². The van der Waals surface area contributed by atoms with Gasteiger partial charge in [0.05, 0.1) is 110 Å². The molecule has 9 aromatic carbocycles. The van der Waals surface area contributed by atoms with Gasteiger partial charge < -0.3 is 68.1 Å². The molecular weight excluding hydrogens is 1570 g/mol. The first kappa shape index (κ1) is 86.7. The minimum absolute atomic E-state index is 0. The minimum atomic E-state index is -1.11. The van der Waals surface area contributed by atoms with Crippen LogP contribution in [0.2, 0.25) is 0 Å². The number of carbonyl (C=O) groups excluding carboxylic acids is 3. The SMILES string of the molecule is CC(=O)c1cccc(OCCCOCc2ccccc2)c1Br.C[C@]1(CN)OB(O)c2c(OCCCOCc3ccccc3)cccc21.C[C@]1(CN=[N+]=[N-])OB(O)c2c(OCCCOCc3ccccc3)cccc21.Cl.O=Cc1cccc(O)c1Br.O=Cc1cccc(OCCCOCc2ccccc2)c1Br. The van der Waals surface area contributed by atoms with Crippen LogP contribution in [-0.2, 0) is 65.9 Å². The molecule has 0 fully saturated rings. The van der Waals surface area contributed by atoms with Crippen LogP contribution in [0.1, 0.15) is 111 Å². The average Bonchev–Trinajstić information content (AvgIpc) is 1.62. The first-order valence-electron chi connectivity index (χ1n) is 34.2. The van der Waals surface area contributed by atoms with Gasteiger partial charge >= 0.3 is 14.2 Å². The molecule has 558 valence electrons. The number of phenols is 1. The Bertz CT molecular complexity index is 4170. The van der Waals surface area contributed by atoms with E-state index in [9.17, 15) is 24.4 Å². The van der Waals surface area contributed by atoms with Crippen LogP contribution in [0.15, 0.2) is 231 Å². The highest BCUT2D eigenvalue weighted by Crippen LogP contribution is 2.36. The molecule has 0 radical (unpaired) electrons. The number of phenolic OH excluding ortho intramolecular Hbond substituents is 1. The van der Waals surface area contributed by atoms with Crippen molar-refractivity contribution in [2.45, 2.75) is 84.1 Å². The van der Waals surface area contributed by atoms with Crippen molar-refractivity contribution in [2.24, 2.45) is 10.8 Å². The lowest BCUT2D eigenvalue weighted by atomic mass is 9.77. The first-order chi connectivity index (χ1) is 51.0. The van der Waals surface area contributed by atoms with E-state index in [1.807, 2.05) is 177 Å². The topological polar surface area (TPSA) is 279 Å². The molecule has 0 aromatic heterocycles. The van der Waals surface area contributed by atoms with Crippen LogP contribution in [0.5, 0.6) is 28.7 Å². The van der Waals surface area contributed by atoms with Gasteiger partial charge in [0.2, 0.25) is 0 Å². The number of benzene rings is 9. The smallest absolute Gasteiger partial charge is 0.496 e. The Balaban J connectivity index is 0.000000212. The highest BCUT2D eigenvalue weighted by Gasteiger charge is 2.46. The summed E-state index contributed by atoms with van der Waals surface area (Å²) in [6, 6.07) is 67.0. The second-order valence-electron chi connectivity index (χ2n) is 24.1. The van der Waals surface area contributed by atoms with Gasteiger partial charge in [0.15, 0.2) is 18.4 Å². The maximum atomic E-state index is 11.5. The van der Waals surface area contributed by atoms with Crippen LogP contribution in [0.25, 0.3) is 10.4 Å². The third-order valence-corrected chi connectivity index (χ3v) is 18.7. The predicted octanol–water partition coefficient (Wildman–Crippen LogP) is 15.8. The quantitative estimate of drug-likeness (QED) is 0.00555. The molecule has 5 N–H and O–H groups in total. The van der Waals surface area contributed by atoms with Gasteiger partial charge in [-0.15, -0.1) is 12.4 Å². The molecule has 0 amide bonds. The van der Waals surface area contributed by atoms with Crippen LogP contribution in [0.4, 0.5) is 0 Å². The molecule has 9 aromatic rings. The summed E-state index contributed by atoms with van der Waals surface area (Å²) in [4.78, 5) is 35.3. The summed E-state index contributed by atoms with van der Waals surface area (Å²) in [5.74, 6) is 2.70. The van der Waals surface area contributed by atoms with Crippen LogP contribution in [0.3, 0.4) is 0 Å². The van der Waals surface area contributed by atoms with Gasteiger partial charge in [-0.1, -0.05) is 187 Å². The van der Waals surface area contributed by atoms with E-state index in [1.165, 1.54) is 17.2 Å². The average molecular weight is 1660 g/mol. The van der Waals surface area contributed by atoms with E-state index in [2.05, 4.69) is 57.8 Å². The molecule has 2 atom stereocenters. The number of hydrogen-bond donors (Lipinski definition) is 4. The molecule has 0 aliphatic carbocycles. The molecule has 2 heterocycles. The predicted molar refractivity (Wildman–Crippen MR) is 425 cm³/mol. The highest BCUT2D eigenvalue weighted by molar-refractivity contribution is 9.11. The second kappa shape index (κ2) is 47.5. The lowest BCUT2D eigenvalue weighted by Gasteiger charge is -2.23. The van der Waals surface area contributed by atoms with Crippen LogP contribution in [-0.4, -0.2) is 114 Å². The summed E-state index contributed by atoms with van der Waals surface area (Å²) >= 11 is 9.84. The summed E-state index contributed by atoms with van der Waals surface area (Å²) in [6.45, 7) is 12.6. The number of nitrogens with two attached hydrogens (primary N) is 1. The first-order valence-corrected chi connectivity index (χ1v) is 36.5. The number of aldehydes is 2. The summed E-state index contributed by atoms with van der Waals surface area (Å²) in [5.41, 5.74) is 22.1. The fourth-order valence-corrected chi connectivity index (χ4v) is 12.1. The number of ether oxygens (including phenoxy) is 8. The van der Waals surface area contributed by atoms with Crippen molar-refractivity contribution >= 4 is 104 Å². The van der Waals surface area contributed by atoms with E-state index in [0.717, 1.165) is 54.2 Å². The van der Waals surface area contributed by atoms with Gasteiger partial charge in [0.25, 0.3) is 0 Å². The van der Waals surface area contributed by atoms with Gasteiger partial charge in [-0.2, -0.15) is 0 Å². The number of rotatable bonds is 34. The molecule has 20 nitrogen and oxygen atoms in total. The van der Waals surface area contributed by atoms with Crippen LogP contribution >= 0.6 is 60.2 Å². The maximum absolute atomic E-state index is 11.5. The molecule has 0 bridgehead atoms. The second-order valence-corrected chi connectivity index (χ2v) is 26.5. The Labute approximate surface area is 651 Å². The Morgan fingerprint density at radius 1 is 0.481 bits per heavy atom. The number of Topliss-reactive ketones (excluding diaryl/α,β-unsaturated/α-hetero) is 1. The molecule has 0 spiro atoms. The van der Waals surface area contributed by atoms with Gasteiger partial charge in [-0.3, -0.25) is 14.4 Å². The van der Waals surface area contributed by atoms with E-state index in [-0.39, 0.29) is 30.5 Å². The molecule has 0 unspecified atom stereocenters. The Morgan fingerprint density at radius 3 is 1.20 bits per heavy atom. The largest absolute Gasteiger partial charge is 0.507 e. The number of ketones is 1. The van der Waals surface area contributed by atoms with Gasteiger partial charge in [0, 0.05) is 64.8 Å². The molecule has 11 rings (SSSR count). The molecule has 2 aliphatic heterocycles. The number of nitrogens with zero attached hydrogens (tertiary/aromatic N) is 3. The van der Waals surface area contributed by atoms with Gasteiger partial charge in [0.1, 0.15) is 28.7 Å². The Morgan fingerprint density at radius 2 is 0.821 bits per heavy atom. The third-order valence-electron chi connectivity index (χ3n) is 16.1. The van der Waals surface area contributed by atoms with Gasteiger partial charge in [-0.25, -0.2) is 0 Å². The minimum Gasteiger partial charge on any atom is -0.507 e. The lowest BCUT2D eigenvalue weighted by Crippen LogP contribution is -2.34. The van der Waals surface area contributed by atoms with E-state index in [4.69, 9.17) is 63.6 Å². The fraction of sp³-hybridized carbons (Fsp3) is 0.287. The number of fused-ring (bicyclic) bond motifs is 2. The maximum Gasteiger partial charge on any atom is 0.496 e. The number of aromatic hydroxyl groups is 1. The standard InChI is InChI=1S/C19H22BN3O4.C19H24BNO4.C18H19BrO3.C17H17BrO3.C7H5BrO2.ClH/c1-19(14-22-23-21)16-9-5-10-17(18(16)20(24)27-19)26-12-6-11-25-13-15-7-3-2-4-8-15;1-19(14-21)16-9-5-10-17(18(16)20(22)25-19)24-12-6-11-23-13-15-7-3-2-4-8-15;1-14(20)16-9-5-10-17(18(16)19)22-12-6-11-21-13-15-7-3-2-4-8-15;18-17-15(12-19)8-4-9-16(17)21-11-5-10-20-13-14-6-2-1-3-7-14;8-7-5(4-9)2-1-3-6(7)10;/h2-5,7-10,24H,6,11-14H2,1H3;2-5,7-10,22H,6,11-14,21H2,1H3;2-5,7-10H,6,11-13H2,1H3;1-4,6-9,12H,5,10-11,13H2;1-4,10H;1H/t2*19-;;;;/m11..../s1. The summed E-state index contributed by atoms with van der Waals surface area (Å²) in [6.07, 6.45) is 4.57. The summed E-state index contributed by atoms with van der Waals surface area (Å²) in [5, 5.41) is 33.1. The lowest BCUT2D eigenvalue weighted by molar-refractivity contribution is 0.0888. The molecule has 106 heavy (non-hydrogen) atoms. The monoisotopic (exact) mass is 1650 g/mol. The van der Waals surface area contributed by atoms with Crippen molar-refractivity contribution in [1.29, 1.82) is 0 Å². The van der Waals surface area contributed by atoms with E-state index >= 15 is 0 Å². The third kappa shape index (κ3) is 27.9. The normalized spacial score (nSPS) is 14.2. The molecule has 0 saturated heterocycles. The molecule has 26 heteroatoms. The highest BCUT2D eigenvalue weighted by atomic mass is 79.9. The number of azide groups is 1. The summed E-state index contributed by atoms with van der Waals surface area (Å²) in [7, 11) is -2.11. The zero-order valence-corrected chi connectivity index (χ0v) is 64.9. The van der Waals surface area contributed by atoms with Crippen molar-refractivity contribution in [3.05, 3.63) is 286 Å². The van der Waals surface area contributed by atoms with Crippen LogP contribution < -0.4 is 35.6 Å². The number of hydrogen-bond acceptors (Lipinski definition) is 18. The van der Waals surface area contributed by atoms with Crippen molar-refractivity contribution < 1.29 is 76.7 Å². The summed E-state index contributed by atoms with van der Waals surface area (Å²) < 4.78 is 58.7. The molecule has 0 saturated carbocycles. The zero-order valence-electron chi connectivity index (χ0n) is 59.4. The zero-order chi connectivity index (χ0) is 75.1. The van der Waals surface area contributed by atoms with Gasteiger partial charge in [-0.05, 0) is 138 Å². The van der Waals surface area contributed by atoms with Crippen molar-refractivity contribution in [3.8, 4) is 28.7 Å². The Hall–Kier alpha value is -8.20. The number of halogens is 4. The van der Waals surface area contributed by atoms with Crippen LogP contribution in [0, 0.1) is 0 Å². The molecule has 2 aliphatic rings. The number of carbonyl (C=O) groups is 3. The van der Waals surface area contributed by atoms with Crippen molar-refractivity contribution in [1.82, 2.24) is 0 Å². The van der Waals surface area contributed by atoms with Crippen molar-refractivity contribution in [2.75, 3.05) is 65.9 Å². The molecular formula is C80H88B2Br3ClN4O16. The Kier molecular flexibility index (Phi) is 38.8. The van der Waals surface area contributed by atoms with Crippen molar-refractivity contribution in [3.63, 3.8) is 0 Å². The fourth-order valence-electron chi connectivity index (χ4n) is 10.6. The van der Waals surface area contributed by atoms with E-state index < -0.39 is 25.4 Å².